The van der Waals surface area contributed by atoms with Gasteiger partial charge in [0.1, 0.15) is 5.75 Å². The molecule has 0 atom stereocenters. The number of rotatable bonds is 3. The van der Waals surface area contributed by atoms with Crippen LogP contribution in [0, 0.1) is 10.1 Å². The van der Waals surface area contributed by atoms with Crippen molar-refractivity contribution in [1.82, 2.24) is 0 Å². The van der Waals surface area contributed by atoms with Gasteiger partial charge in [0.2, 0.25) is 0 Å². The summed E-state index contributed by atoms with van der Waals surface area (Å²) in [6, 6.07) is 10.6. The average Bonchev–Trinajstić information content (AvgIpc) is 2.94. The van der Waals surface area contributed by atoms with Crippen LogP contribution in [-0.4, -0.2) is 11.5 Å². The molecule has 0 amide bonds. The van der Waals surface area contributed by atoms with Crippen molar-refractivity contribution in [3.05, 3.63) is 57.6 Å². The Labute approximate surface area is 116 Å². The summed E-state index contributed by atoms with van der Waals surface area (Å²) in [4.78, 5) is 10.5. The third-order valence-corrected chi connectivity index (χ3v) is 3.47. The lowest BCUT2D eigenvalue weighted by Crippen LogP contribution is -2.00. The maximum absolute atomic E-state index is 10.9. The first kappa shape index (κ1) is 12.6. The predicted octanol–water partition coefficient (Wildman–Crippen LogP) is 2.66. The van der Waals surface area contributed by atoms with E-state index in [4.69, 9.17) is 10.5 Å². The normalized spacial score (nSPS) is 12.8. The van der Waals surface area contributed by atoms with Gasteiger partial charge in [-0.25, -0.2) is 0 Å². The van der Waals surface area contributed by atoms with E-state index in [0.717, 1.165) is 34.4 Å². The SMILES string of the molecule is NCc1cc(-c2cccc([N+](=O)[O-])c2)cc2c1OCC2. The molecule has 20 heavy (non-hydrogen) atoms. The third kappa shape index (κ3) is 2.12. The van der Waals surface area contributed by atoms with Crippen LogP contribution in [0.1, 0.15) is 11.1 Å². The topological polar surface area (TPSA) is 78.4 Å². The maximum Gasteiger partial charge on any atom is 0.270 e. The second-order valence-electron chi connectivity index (χ2n) is 4.73. The molecule has 1 aliphatic rings. The highest BCUT2D eigenvalue weighted by Crippen LogP contribution is 2.35. The van der Waals surface area contributed by atoms with E-state index in [2.05, 4.69) is 0 Å². The van der Waals surface area contributed by atoms with E-state index in [-0.39, 0.29) is 10.6 Å². The molecule has 5 nitrogen and oxygen atoms in total. The number of fused-ring (bicyclic) bond motifs is 1. The van der Waals surface area contributed by atoms with Crippen molar-refractivity contribution < 1.29 is 9.66 Å². The summed E-state index contributed by atoms with van der Waals surface area (Å²) >= 11 is 0. The van der Waals surface area contributed by atoms with Crippen molar-refractivity contribution in [3.63, 3.8) is 0 Å². The van der Waals surface area contributed by atoms with Gasteiger partial charge < -0.3 is 10.5 Å². The molecule has 0 saturated heterocycles. The smallest absolute Gasteiger partial charge is 0.270 e. The zero-order chi connectivity index (χ0) is 14.1. The van der Waals surface area contributed by atoms with Crippen LogP contribution in [0.3, 0.4) is 0 Å². The van der Waals surface area contributed by atoms with Gasteiger partial charge in [0, 0.05) is 30.7 Å². The molecule has 0 spiro atoms. The van der Waals surface area contributed by atoms with Crippen LogP contribution in [0.25, 0.3) is 11.1 Å². The Morgan fingerprint density at radius 2 is 2.10 bits per heavy atom. The number of nitrogens with zero attached hydrogens (tertiary/aromatic N) is 1. The number of benzene rings is 2. The Kier molecular flexibility index (Phi) is 3.12. The number of hydrogen-bond donors (Lipinski definition) is 1. The molecule has 3 rings (SSSR count). The number of nitrogens with two attached hydrogens (primary N) is 1. The molecule has 1 aliphatic heterocycles. The van der Waals surface area contributed by atoms with Gasteiger partial charge in [-0.15, -0.1) is 0 Å². The molecule has 0 saturated carbocycles. The minimum atomic E-state index is -0.385. The highest BCUT2D eigenvalue weighted by molar-refractivity contribution is 5.70. The van der Waals surface area contributed by atoms with Crippen molar-refractivity contribution >= 4 is 5.69 Å². The van der Waals surface area contributed by atoms with E-state index in [1.165, 1.54) is 6.07 Å². The highest BCUT2D eigenvalue weighted by Gasteiger charge is 2.18. The molecule has 2 aromatic rings. The zero-order valence-corrected chi connectivity index (χ0v) is 10.8. The Balaban J connectivity index is 2.11. The molecule has 102 valence electrons. The third-order valence-electron chi connectivity index (χ3n) is 3.47. The van der Waals surface area contributed by atoms with Gasteiger partial charge in [0.25, 0.3) is 5.69 Å². The maximum atomic E-state index is 10.9. The highest BCUT2D eigenvalue weighted by atomic mass is 16.6. The van der Waals surface area contributed by atoms with E-state index < -0.39 is 0 Å². The minimum absolute atomic E-state index is 0.0912. The fraction of sp³-hybridized carbons (Fsp3) is 0.200. The van der Waals surface area contributed by atoms with Gasteiger partial charge in [-0.3, -0.25) is 10.1 Å². The second-order valence-corrected chi connectivity index (χ2v) is 4.73. The van der Waals surface area contributed by atoms with Gasteiger partial charge in [0.15, 0.2) is 0 Å². The van der Waals surface area contributed by atoms with Crippen LogP contribution < -0.4 is 10.5 Å². The van der Waals surface area contributed by atoms with Gasteiger partial charge in [-0.05, 0) is 28.8 Å². The molecular formula is C15H14N2O3. The Hall–Kier alpha value is -2.40. The lowest BCUT2D eigenvalue weighted by Gasteiger charge is -2.10. The number of hydrogen-bond acceptors (Lipinski definition) is 4. The van der Waals surface area contributed by atoms with E-state index in [0.29, 0.717) is 13.2 Å². The standard InChI is InChI=1S/C15H14N2O3/c16-9-13-7-12(6-11-4-5-20-15(11)13)10-2-1-3-14(8-10)17(18)19/h1-3,6-8H,4-5,9,16H2. The van der Waals surface area contributed by atoms with E-state index in [9.17, 15) is 10.1 Å². The van der Waals surface area contributed by atoms with Crippen molar-refractivity contribution in [2.24, 2.45) is 5.73 Å². The molecule has 0 radical (unpaired) electrons. The average molecular weight is 270 g/mol. The van der Waals surface area contributed by atoms with E-state index >= 15 is 0 Å². The quantitative estimate of drug-likeness (QED) is 0.687. The van der Waals surface area contributed by atoms with Crippen LogP contribution in [-0.2, 0) is 13.0 Å². The Morgan fingerprint density at radius 1 is 1.25 bits per heavy atom. The molecular weight excluding hydrogens is 256 g/mol. The molecule has 0 aliphatic carbocycles. The molecule has 0 bridgehead atoms. The largest absolute Gasteiger partial charge is 0.493 e. The van der Waals surface area contributed by atoms with Crippen LogP contribution in [0.15, 0.2) is 36.4 Å². The number of nitro benzene ring substituents is 1. The Morgan fingerprint density at radius 3 is 2.85 bits per heavy atom. The second kappa shape index (κ2) is 4.94. The zero-order valence-electron chi connectivity index (χ0n) is 10.8. The predicted molar refractivity (Wildman–Crippen MR) is 75.6 cm³/mol. The van der Waals surface area contributed by atoms with Gasteiger partial charge >= 0.3 is 0 Å². The van der Waals surface area contributed by atoms with Crippen LogP contribution in [0.2, 0.25) is 0 Å². The van der Waals surface area contributed by atoms with Gasteiger partial charge in [-0.2, -0.15) is 0 Å². The van der Waals surface area contributed by atoms with Crippen molar-refractivity contribution in [3.8, 4) is 16.9 Å². The van der Waals surface area contributed by atoms with Crippen molar-refractivity contribution in [2.75, 3.05) is 6.61 Å². The summed E-state index contributed by atoms with van der Waals surface area (Å²) < 4.78 is 5.59. The summed E-state index contributed by atoms with van der Waals surface area (Å²) in [6.07, 6.45) is 0.852. The van der Waals surface area contributed by atoms with Crippen LogP contribution in [0.5, 0.6) is 5.75 Å². The summed E-state index contributed by atoms with van der Waals surface area (Å²) in [5.74, 6) is 0.877. The molecule has 2 aromatic carbocycles. The summed E-state index contributed by atoms with van der Waals surface area (Å²) in [5, 5.41) is 10.9. The lowest BCUT2D eigenvalue weighted by molar-refractivity contribution is -0.384. The Bertz CT molecular complexity index is 683. The fourth-order valence-electron chi connectivity index (χ4n) is 2.51. The van der Waals surface area contributed by atoms with Gasteiger partial charge in [0.05, 0.1) is 11.5 Å². The monoisotopic (exact) mass is 270 g/mol. The van der Waals surface area contributed by atoms with Gasteiger partial charge in [-0.1, -0.05) is 12.1 Å². The summed E-state index contributed by atoms with van der Waals surface area (Å²) in [5.41, 5.74) is 9.68. The first-order valence-electron chi connectivity index (χ1n) is 6.42. The first-order valence-corrected chi connectivity index (χ1v) is 6.42. The first-order chi connectivity index (χ1) is 9.69. The fourth-order valence-corrected chi connectivity index (χ4v) is 2.51. The van der Waals surface area contributed by atoms with Crippen LogP contribution in [0.4, 0.5) is 5.69 Å². The van der Waals surface area contributed by atoms with Crippen LogP contribution >= 0.6 is 0 Å². The number of nitro groups is 1. The molecule has 0 fully saturated rings. The number of ether oxygens (including phenoxy) is 1. The van der Waals surface area contributed by atoms with Crippen molar-refractivity contribution in [1.29, 1.82) is 0 Å². The molecule has 1 heterocycles. The summed E-state index contributed by atoms with van der Waals surface area (Å²) in [7, 11) is 0. The van der Waals surface area contributed by atoms with E-state index in [1.54, 1.807) is 12.1 Å². The summed E-state index contributed by atoms with van der Waals surface area (Å²) in [6.45, 7) is 1.06. The molecule has 2 N–H and O–H groups in total. The molecule has 0 unspecified atom stereocenters. The minimum Gasteiger partial charge on any atom is -0.493 e. The lowest BCUT2D eigenvalue weighted by atomic mass is 9.98. The molecule has 0 aromatic heterocycles. The van der Waals surface area contributed by atoms with E-state index in [1.807, 2.05) is 18.2 Å². The number of non-ortho nitro benzene ring substituents is 1. The van der Waals surface area contributed by atoms with Crippen molar-refractivity contribution in [2.45, 2.75) is 13.0 Å². The molecule has 5 heteroatoms.